The number of hydrogen-bond donors (Lipinski definition) is 2. The molecule has 1 aromatic rings. The fourth-order valence-corrected chi connectivity index (χ4v) is 2.11. The van der Waals surface area contributed by atoms with E-state index in [1.807, 2.05) is 18.2 Å². The molecule has 19 heavy (non-hydrogen) atoms. The smallest absolute Gasteiger partial charge is 0.262 e. The zero-order chi connectivity index (χ0) is 13.8. The Hall–Kier alpha value is -1.88. The number of hydrazone groups is 1. The molecule has 1 fully saturated rings. The summed E-state index contributed by atoms with van der Waals surface area (Å²) in [6, 6.07) is 6.76. The van der Waals surface area contributed by atoms with Crippen molar-refractivity contribution in [1.29, 1.82) is 0 Å². The maximum absolute atomic E-state index is 11.7. The van der Waals surface area contributed by atoms with Crippen molar-refractivity contribution < 1.29 is 9.59 Å². The Kier molecular flexibility index (Phi) is 4.16. The molecule has 5 nitrogen and oxygen atoms in total. The lowest BCUT2D eigenvalue weighted by Crippen LogP contribution is -2.39. The molecule has 1 saturated heterocycles. The van der Waals surface area contributed by atoms with E-state index in [1.165, 1.54) is 0 Å². The maximum atomic E-state index is 11.7. The van der Waals surface area contributed by atoms with E-state index in [1.54, 1.807) is 13.0 Å². The lowest BCUT2D eigenvalue weighted by Gasteiger charge is -2.08. The number of amides is 2. The van der Waals surface area contributed by atoms with Gasteiger partial charge in [-0.2, -0.15) is 5.10 Å². The van der Waals surface area contributed by atoms with E-state index in [4.69, 9.17) is 11.6 Å². The second kappa shape index (κ2) is 5.84. The summed E-state index contributed by atoms with van der Waals surface area (Å²) in [6.07, 6.45) is 0.886. The second-order valence-corrected chi connectivity index (χ2v) is 4.72. The molecular weight excluding hydrogens is 266 g/mol. The van der Waals surface area contributed by atoms with E-state index in [9.17, 15) is 9.59 Å². The van der Waals surface area contributed by atoms with Gasteiger partial charge >= 0.3 is 0 Å². The zero-order valence-corrected chi connectivity index (χ0v) is 11.2. The van der Waals surface area contributed by atoms with Crippen LogP contribution in [0, 0.1) is 0 Å². The highest BCUT2D eigenvalue weighted by atomic mass is 35.5. The molecule has 2 rings (SSSR count). The Labute approximate surface area is 116 Å². The van der Waals surface area contributed by atoms with Gasteiger partial charge in [0.25, 0.3) is 5.91 Å². The summed E-state index contributed by atoms with van der Waals surface area (Å²) in [5, 5.41) is 7.16. The second-order valence-electron chi connectivity index (χ2n) is 4.31. The first-order valence-electron chi connectivity index (χ1n) is 5.96. The normalized spacial score (nSPS) is 19.2. The fourth-order valence-electron chi connectivity index (χ4n) is 1.84. The van der Waals surface area contributed by atoms with E-state index >= 15 is 0 Å². The van der Waals surface area contributed by atoms with Crippen molar-refractivity contribution in [2.45, 2.75) is 25.8 Å². The third-order valence-corrected chi connectivity index (χ3v) is 3.24. The first-order chi connectivity index (χ1) is 9.08. The topological polar surface area (TPSA) is 70.6 Å². The van der Waals surface area contributed by atoms with Crippen LogP contribution < -0.4 is 10.7 Å². The van der Waals surface area contributed by atoms with Gasteiger partial charge in [-0.25, -0.2) is 5.43 Å². The minimum absolute atomic E-state index is 0.105. The summed E-state index contributed by atoms with van der Waals surface area (Å²) in [5.41, 5.74) is 3.82. The first-order valence-corrected chi connectivity index (χ1v) is 6.34. The van der Waals surface area contributed by atoms with Crippen LogP contribution in [0.4, 0.5) is 0 Å². The fraction of sp³-hybridized carbons (Fsp3) is 0.308. The number of carbonyl (C=O) groups is 2. The van der Waals surface area contributed by atoms with Gasteiger partial charge in [-0.3, -0.25) is 9.59 Å². The lowest BCUT2D eigenvalue weighted by molar-refractivity contribution is -0.125. The van der Waals surface area contributed by atoms with Gasteiger partial charge in [0.05, 0.1) is 5.71 Å². The van der Waals surface area contributed by atoms with Crippen molar-refractivity contribution in [1.82, 2.24) is 10.7 Å². The van der Waals surface area contributed by atoms with Crippen molar-refractivity contribution in [3.8, 4) is 0 Å². The number of hydrogen-bond acceptors (Lipinski definition) is 3. The Morgan fingerprint density at radius 2 is 2.21 bits per heavy atom. The van der Waals surface area contributed by atoms with Gasteiger partial charge in [-0.15, -0.1) is 0 Å². The maximum Gasteiger partial charge on any atom is 0.262 e. The first kappa shape index (κ1) is 13.5. The minimum Gasteiger partial charge on any atom is -0.344 e. The molecule has 1 atom stereocenters. The highest BCUT2D eigenvalue weighted by Crippen LogP contribution is 2.15. The molecule has 100 valence electrons. The molecule has 0 bridgehead atoms. The Morgan fingerprint density at radius 1 is 1.47 bits per heavy atom. The Morgan fingerprint density at radius 3 is 2.84 bits per heavy atom. The monoisotopic (exact) mass is 279 g/mol. The van der Waals surface area contributed by atoms with Crippen LogP contribution in [-0.4, -0.2) is 23.6 Å². The van der Waals surface area contributed by atoms with Gasteiger partial charge in [0, 0.05) is 17.0 Å². The summed E-state index contributed by atoms with van der Waals surface area (Å²) < 4.78 is 0. The molecule has 1 aliphatic heterocycles. The lowest BCUT2D eigenvalue weighted by atomic mass is 10.1. The van der Waals surface area contributed by atoms with E-state index in [2.05, 4.69) is 15.8 Å². The molecule has 0 radical (unpaired) electrons. The number of benzene rings is 1. The van der Waals surface area contributed by atoms with Gasteiger partial charge in [-0.05, 0) is 19.4 Å². The Balaban J connectivity index is 2.00. The predicted molar refractivity (Wildman–Crippen MR) is 73.0 cm³/mol. The Bertz CT molecular complexity index is 542. The zero-order valence-electron chi connectivity index (χ0n) is 10.4. The van der Waals surface area contributed by atoms with Crippen LogP contribution in [0.3, 0.4) is 0 Å². The van der Waals surface area contributed by atoms with Gasteiger partial charge in [-0.1, -0.05) is 29.8 Å². The molecule has 1 heterocycles. The highest BCUT2D eigenvalue weighted by Gasteiger charge is 2.26. The van der Waals surface area contributed by atoms with E-state index in [-0.39, 0.29) is 11.8 Å². The standard InChI is InChI=1S/C13H14ClN3O2/c1-8(9-4-2-3-5-10(9)14)16-17-13(19)11-6-7-12(18)15-11/h2-5,11H,6-7H2,1H3,(H,15,18)(H,17,19)/b16-8+/t11-/m0/s1. The molecule has 1 aliphatic rings. The largest absolute Gasteiger partial charge is 0.344 e. The van der Waals surface area contributed by atoms with Gasteiger partial charge in [0.2, 0.25) is 5.91 Å². The van der Waals surface area contributed by atoms with Crippen molar-refractivity contribution in [2.24, 2.45) is 5.10 Å². The molecule has 1 aromatic carbocycles. The number of carbonyl (C=O) groups excluding carboxylic acids is 2. The predicted octanol–water partition coefficient (Wildman–Crippen LogP) is 1.46. The number of nitrogens with one attached hydrogen (secondary N) is 2. The van der Waals surface area contributed by atoms with Crippen LogP contribution in [0.15, 0.2) is 29.4 Å². The van der Waals surface area contributed by atoms with Gasteiger partial charge in [0.1, 0.15) is 6.04 Å². The summed E-state index contributed by atoms with van der Waals surface area (Å²) in [6.45, 7) is 1.76. The molecule has 2 N–H and O–H groups in total. The van der Waals surface area contributed by atoms with Crippen LogP contribution >= 0.6 is 11.6 Å². The van der Waals surface area contributed by atoms with Crippen molar-refractivity contribution >= 4 is 29.1 Å². The SMILES string of the molecule is C/C(=N\NC(=O)[C@@H]1CCC(=O)N1)c1ccccc1Cl. The van der Waals surface area contributed by atoms with Gasteiger partial charge in [0.15, 0.2) is 0 Å². The van der Waals surface area contributed by atoms with E-state index < -0.39 is 6.04 Å². The number of nitrogens with zero attached hydrogens (tertiary/aromatic N) is 1. The van der Waals surface area contributed by atoms with E-state index in [0.717, 1.165) is 5.56 Å². The summed E-state index contributed by atoms with van der Waals surface area (Å²) >= 11 is 6.03. The summed E-state index contributed by atoms with van der Waals surface area (Å²) in [5.74, 6) is -0.413. The summed E-state index contributed by atoms with van der Waals surface area (Å²) in [7, 11) is 0. The quantitative estimate of drug-likeness (QED) is 0.649. The molecule has 0 aliphatic carbocycles. The molecular formula is C13H14ClN3O2. The third kappa shape index (κ3) is 3.32. The third-order valence-electron chi connectivity index (χ3n) is 2.91. The highest BCUT2D eigenvalue weighted by molar-refractivity contribution is 6.34. The van der Waals surface area contributed by atoms with Crippen molar-refractivity contribution in [3.63, 3.8) is 0 Å². The molecule has 0 saturated carbocycles. The average molecular weight is 280 g/mol. The molecule has 0 aromatic heterocycles. The van der Waals surface area contributed by atoms with Crippen LogP contribution in [0.25, 0.3) is 0 Å². The molecule has 6 heteroatoms. The average Bonchev–Trinajstić information content (AvgIpc) is 2.83. The number of rotatable bonds is 3. The van der Waals surface area contributed by atoms with Crippen LogP contribution in [0.2, 0.25) is 5.02 Å². The van der Waals surface area contributed by atoms with Crippen LogP contribution in [0.5, 0.6) is 0 Å². The number of halogens is 1. The molecule has 0 unspecified atom stereocenters. The molecule has 2 amide bonds. The van der Waals surface area contributed by atoms with Crippen LogP contribution in [-0.2, 0) is 9.59 Å². The minimum atomic E-state index is -0.490. The van der Waals surface area contributed by atoms with Crippen molar-refractivity contribution in [2.75, 3.05) is 0 Å². The van der Waals surface area contributed by atoms with E-state index in [0.29, 0.717) is 23.6 Å². The van der Waals surface area contributed by atoms with Crippen molar-refractivity contribution in [3.05, 3.63) is 34.9 Å². The van der Waals surface area contributed by atoms with Crippen LogP contribution in [0.1, 0.15) is 25.3 Å². The van der Waals surface area contributed by atoms with Gasteiger partial charge < -0.3 is 5.32 Å². The summed E-state index contributed by atoms with van der Waals surface area (Å²) in [4.78, 5) is 22.8. The molecule has 0 spiro atoms.